The lowest BCUT2D eigenvalue weighted by Crippen LogP contribution is -2.53. The van der Waals surface area contributed by atoms with Crippen LogP contribution >= 0.6 is 0 Å². The van der Waals surface area contributed by atoms with Gasteiger partial charge in [0.05, 0.1) is 10.5 Å². The highest BCUT2D eigenvalue weighted by Crippen LogP contribution is 2.57. The minimum Gasteiger partial charge on any atom is -0.452 e. The lowest BCUT2D eigenvalue weighted by atomic mass is 9.49. The van der Waals surface area contributed by atoms with Gasteiger partial charge in [0.25, 0.3) is 11.6 Å². The van der Waals surface area contributed by atoms with Crippen molar-refractivity contribution in [2.75, 3.05) is 31.1 Å². The van der Waals surface area contributed by atoms with E-state index in [0.29, 0.717) is 24.1 Å². The molecule has 3 atom stereocenters. The topological polar surface area (TPSA) is 102 Å². The molecule has 1 heterocycles. The van der Waals surface area contributed by atoms with Crippen LogP contribution in [0.15, 0.2) is 36.4 Å². The first-order valence-corrected chi connectivity index (χ1v) is 15.1. The number of nitrogens with zero attached hydrogens (tertiary/aromatic N) is 2. The molecule has 0 radical (unpaired) electrons. The SMILES string of the molecule is CC(C)c1ccc2c(c1)CCC1C(C)(CNC(=O)COC(=O)c3ccc(N4CCCC4)c([N+](=O)[O-])c3)CCCC21C. The second-order valence-corrected chi connectivity index (χ2v) is 13.1. The van der Waals surface area contributed by atoms with Gasteiger partial charge in [0.1, 0.15) is 5.69 Å². The maximum Gasteiger partial charge on any atom is 0.338 e. The normalized spacial score (nSPS) is 25.4. The third kappa shape index (κ3) is 5.70. The van der Waals surface area contributed by atoms with Gasteiger partial charge in [0, 0.05) is 25.7 Å². The molecule has 2 fully saturated rings. The summed E-state index contributed by atoms with van der Waals surface area (Å²) in [4.78, 5) is 38.7. The first-order valence-electron chi connectivity index (χ1n) is 15.1. The van der Waals surface area contributed by atoms with E-state index in [4.69, 9.17) is 4.74 Å². The molecule has 3 unspecified atom stereocenters. The maximum atomic E-state index is 12.8. The Morgan fingerprint density at radius 3 is 2.56 bits per heavy atom. The number of fused-ring (bicyclic) bond motifs is 3. The van der Waals surface area contributed by atoms with Crippen molar-refractivity contribution in [1.29, 1.82) is 0 Å². The number of benzene rings is 2. The largest absolute Gasteiger partial charge is 0.452 e. The molecule has 5 rings (SSSR count). The minimum absolute atomic E-state index is 0.0624. The summed E-state index contributed by atoms with van der Waals surface area (Å²) in [6.45, 7) is 10.8. The molecule has 0 bridgehead atoms. The number of nitro benzene ring substituents is 1. The molecule has 8 nitrogen and oxygen atoms in total. The fourth-order valence-electron chi connectivity index (χ4n) is 7.80. The number of nitrogens with one attached hydrogen (secondary N) is 1. The standard InChI is InChI=1S/C33H43N3O5/c1-22(2)23-8-11-26-24(18-23)10-13-29-32(3,14-7-15-33(26,29)4)21-34-30(37)20-41-31(38)25-9-12-27(28(19-25)36(39)40)35-16-5-6-17-35/h8-9,11-12,18-19,22,29H,5-7,10,13-17,20-21H2,1-4H3,(H,34,37). The molecule has 2 aliphatic carbocycles. The molecule has 1 saturated heterocycles. The van der Waals surface area contributed by atoms with Crippen molar-refractivity contribution in [2.24, 2.45) is 11.3 Å². The third-order valence-corrected chi connectivity index (χ3v) is 10.0. The van der Waals surface area contributed by atoms with Gasteiger partial charge < -0.3 is 15.0 Å². The average Bonchev–Trinajstić information content (AvgIpc) is 3.49. The maximum absolute atomic E-state index is 12.8. The monoisotopic (exact) mass is 561 g/mol. The van der Waals surface area contributed by atoms with E-state index in [2.05, 4.69) is 51.2 Å². The molecular weight excluding hydrogens is 518 g/mol. The molecule has 8 heteroatoms. The molecule has 1 N–H and O–H groups in total. The first-order chi connectivity index (χ1) is 19.5. The Hall–Kier alpha value is -3.42. The number of carbonyl (C=O) groups excluding carboxylic acids is 2. The smallest absolute Gasteiger partial charge is 0.338 e. The fourth-order valence-corrected chi connectivity index (χ4v) is 7.80. The molecule has 2 aromatic rings. The number of ether oxygens (including phenoxy) is 1. The number of hydrogen-bond donors (Lipinski definition) is 1. The zero-order chi connectivity index (χ0) is 29.4. The van der Waals surface area contributed by atoms with Gasteiger partial charge in [-0.05, 0) is 90.0 Å². The molecule has 41 heavy (non-hydrogen) atoms. The lowest BCUT2D eigenvalue weighted by molar-refractivity contribution is -0.384. The summed E-state index contributed by atoms with van der Waals surface area (Å²) in [6.07, 6.45) is 7.42. The molecule has 3 aliphatic rings. The Bertz CT molecular complexity index is 1330. The summed E-state index contributed by atoms with van der Waals surface area (Å²) in [5, 5.41) is 14.7. The van der Waals surface area contributed by atoms with Gasteiger partial charge in [0.2, 0.25) is 0 Å². The quantitative estimate of drug-likeness (QED) is 0.231. The van der Waals surface area contributed by atoms with Crippen LogP contribution in [0.2, 0.25) is 0 Å². The van der Waals surface area contributed by atoms with Gasteiger partial charge in [-0.3, -0.25) is 14.9 Å². The number of hydrogen-bond acceptors (Lipinski definition) is 6. The van der Waals surface area contributed by atoms with Crippen LogP contribution in [0.4, 0.5) is 11.4 Å². The van der Waals surface area contributed by atoms with E-state index >= 15 is 0 Å². The van der Waals surface area contributed by atoms with E-state index in [0.717, 1.165) is 58.0 Å². The Morgan fingerprint density at radius 1 is 1.10 bits per heavy atom. The summed E-state index contributed by atoms with van der Waals surface area (Å²) >= 11 is 0. The van der Waals surface area contributed by atoms with Crippen LogP contribution in [0.25, 0.3) is 0 Å². The van der Waals surface area contributed by atoms with E-state index in [1.807, 2.05) is 4.90 Å². The number of rotatable bonds is 8. The number of carbonyl (C=O) groups is 2. The van der Waals surface area contributed by atoms with E-state index in [-0.39, 0.29) is 28.0 Å². The molecule has 1 saturated carbocycles. The van der Waals surface area contributed by atoms with Crippen molar-refractivity contribution in [3.8, 4) is 0 Å². The second kappa shape index (κ2) is 11.5. The average molecular weight is 562 g/mol. The predicted molar refractivity (Wildman–Crippen MR) is 159 cm³/mol. The zero-order valence-electron chi connectivity index (χ0n) is 24.8. The summed E-state index contributed by atoms with van der Waals surface area (Å²) < 4.78 is 5.28. The van der Waals surface area contributed by atoms with E-state index in [1.54, 1.807) is 6.07 Å². The van der Waals surface area contributed by atoms with Gasteiger partial charge in [-0.15, -0.1) is 0 Å². The van der Waals surface area contributed by atoms with Gasteiger partial charge >= 0.3 is 5.97 Å². The highest BCUT2D eigenvalue weighted by molar-refractivity contribution is 5.93. The third-order valence-electron chi connectivity index (χ3n) is 10.0. The highest BCUT2D eigenvalue weighted by atomic mass is 16.6. The van der Waals surface area contributed by atoms with Crippen molar-refractivity contribution in [3.05, 3.63) is 68.8 Å². The van der Waals surface area contributed by atoms with E-state index in [9.17, 15) is 19.7 Å². The Kier molecular flexibility index (Phi) is 8.13. The van der Waals surface area contributed by atoms with Gasteiger partial charge in [-0.25, -0.2) is 4.79 Å². The van der Waals surface area contributed by atoms with Crippen LogP contribution in [0.5, 0.6) is 0 Å². The molecule has 1 aliphatic heterocycles. The molecule has 220 valence electrons. The molecule has 2 aromatic carbocycles. The summed E-state index contributed by atoms with van der Waals surface area (Å²) in [7, 11) is 0. The molecule has 0 spiro atoms. The van der Waals surface area contributed by atoms with Crippen LogP contribution in [-0.2, 0) is 21.4 Å². The van der Waals surface area contributed by atoms with Crippen molar-refractivity contribution in [1.82, 2.24) is 5.32 Å². The number of amides is 1. The summed E-state index contributed by atoms with van der Waals surface area (Å²) in [6, 6.07) is 11.4. The fraction of sp³-hybridized carbons (Fsp3) is 0.576. The predicted octanol–water partition coefficient (Wildman–Crippen LogP) is 6.30. The highest BCUT2D eigenvalue weighted by Gasteiger charge is 2.51. The molecule has 1 amide bonds. The van der Waals surface area contributed by atoms with Crippen LogP contribution in [-0.4, -0.2) is 43.0 Å². The van der Waals surface area contributed by atoms with Gasteiger partial charge in [-0.1, -0.05) is 52.3 Å². The van der Waals surface area contributed by atoms with Gasteiger partial charge in [-0.2, -0.15) is 0 Å². The van der Waals surface area contributed by atoms with Gasteiger partial charge in [0.15, 0.2) is 6.61 Å². The van der Waals surface area contributed by atoms with E-state index < -0.39 is 17.5 Å². The number of anilines is 1. The van der Waals surface area contributed by atoms with Crippen molar-refractivity contribution < 1.29 is 19.2 Å². The van der Waals surface area contributed by atoms with E-state index in [1.165, 1.54) is 28.8 Å². The van der Waals surface area contributed by atoms with Crippen molar-refractivity contribution in [2.45, 2.75) is 84.0 Å². The van der Waals surface area contributed by atoms with Crippen LogP contribution < -0.4 is 10.2 Å². The Balaban J connectivity index is 1.20. The van der Waals surface area contributed by atoms with Crippen LogP contribution in [0.3, 0.4) is 0 Å². The Morgan fingerprint density at radius 2 is 1.85 bits per heavy atom. The molecule has 0 aromatic heterocycles. The van der Waals surface area contributed by atoms with Crippen molar-refractivity contribution in [3.63, 3.8) is 0 Å². The zero-order valence-corrected chi connectivity index (χ0v) is 24.8. The lowest BCUT2D eigenvalue weighted by Gasteiger charge is -2.55. The summed E-state index contributed by atoms with van der Waals surface area (Å²) in [5.41, 5.74) is 4.81. The van der Waals surface area contributed by atoms with Crippen LogP contribution in [0, 0.1) is 21.4 Å². The first kappa shape index (κ1) is 29.1. The Labute approximate surface area is 243 Å². The number of esters is 1. The summed E-state index contributed by atoms with van der Waals surface area (Å²) in [5.74, 6) is -0.139. The minimum atomic E-state index is -0.739. The number of nitro groups is 1. The second-order valence-electron chi connectivity index (χ2n) is 13.1. The number of aryl methyl sites for hydroxylation is 1. The van der Waals surface area contributed by atoms with Crippen molar-refractivity contribution >= 4 is 23.3 Å². The van der Waals surface area contributed by atoms with Crippen LogP contribution in [0.1, 0.15) is 99.2 Å². The molecular formula is C33H43N3O5.